The minimum absolute atomic E-state index is 0.144. The van der Waals surface area contributed by atoms with Gasteiger partial charge in [0.15, 0.2) is 0 Å². The molecule has 0 aromatic heterocycles. The molecule has 2 aliphatic rings. The molecule has 5 atom stereocenters. The van der Waals surface area contributed by atoms with E-state index in [9.17, 15) is 19.5 Å². The monoisotopic (exact) mass is 476 g/mol. The second kappa shape index (κ2) is 12.6. The first-order valence-electron chi connectivity index (χ1n) is 11.5. The fourth-order valence-corrected chi connectivity index (χ4v) is 4.28. The Labute approximate surface area is 201 Å². The van der Waals surface area contributed by atoms with Gasteiger partial charge < -0.3 is 24.1 Å². The quantitative estimate of drug-likeness (QED) is 0.335. The smallest absolute Gasteiger partial charge is 0.305 e. The number of hydrogen-bond donors (Lipinski definition) is 1. The lowest BCUT2D eigenvalue weighted by atomic mass is 9.73. The van der Waals surface area contributed by atoms with Gasteiger partial charge in [-0.1, -0.05) is 24.3 Å². The maximum absolute atomic E-state index is 12.0. The molecule has 188 valence electrons. The van der Waals surface area contributed by atoms with E-state index >= 15 is 0 Å². The third kappa shape index (κ3) is 7.87. The van der Waals surface area contributed by atoms with Gasteiger partial charge in [0.2, 0.25) is 6.29 Å². The minimum Gasteiger partial charge on any atom is -0.462 e. The summed E-state index contributed by atoms with van der Waals surface area (Å²) in [4.78, 5) is 34.8. The van der Waals surface area contributed by atoms with Crippen molar-refractivity contribution in [3.63, 3.8) is 0 Å². The summed E-state index contributed by atoms with van der Waals surface area (Å²) >= 11 is 0. The number of allylic oxidation sites excluding steroid dienone is 1. The van der Waals surface area contributed by atoms with Crippen LogP contribution in [0.2, 0.25) is 0 Å². The van der Waals surface area contributed by atoms with Gasteiger partial charge in [0.05, 0.1) is 18.3 Å². The van der Waals surface area contributed by atoms with Crippen molar-refractivity contribution in [2.75, 3.05) is 6.61 Å². The largest absolute Gasteiger partial charge is 0.462 e. The SMILES string of the molecule is C=C1C(O)CC=C(C)CCC2C(C(CC=C(C)COC(C)=O)OC(C)=O)=COC(OC(C)=O)C12. The van der Waals surface area contributed by atoms with Crippen molar-refractivity contribution < 1.29 is 38.4 Å². The molecule has 0 bridgehead atoms. The molecule has 0 amide bonds. The predicted molar refractivity (Wildman–Crippen MR) is 125 cm³/mol. The summed E-state index contributed by atoms with van der Waals surface area (Å²) in [5, 5.41) is 10.8. The summed E-state index contributed by atoms with van der Waals surface area (Å²) in [6.07, 6.45) is 5.10. The maximum Gasteiger partial charge on any atom is 0.305 e. The zero-order valence-electron chi connectivity index (χ0n) is 20.7. The fraction of sp³-hybridized carbons (Fsp3) is 0.577. The van der Waals surface area contributed by atoms with E-state index in [4.69, 9.17) is 18.9 Å². The number of aliphatic hydroxyl groups is 1. The van der Waals surface area contributed by atoms with Gasteiger partial charge in [0.1, 0.15) is 12.7 Å². The highest BCUT2D eigenvalue weighted by Gasteiger charge is 2.44. The number of rotatable bonds is 7. The summed E-state index contributed by atoms with van der Waals surface area (Å²) in [5.74, 6) is -2.08. The van der Waals surface area contributed by atoms with E-state index in [-0.39, 0.29) is 18.5 Å². The normalized spacial score (nSPS) is 26.3. The van der Waals surface area contributed by atoms with E-state index in [0.717, 1.165) is 23.1 Å². The third-order valence-corrected chi connectivity index (χ3v) is 6.03. The van der Waals surface area contributed by atoms with Crippen LogP contribution < -0.4 is 0 Å². The van der Waals surface area contributed by atoms with Crippen LogP contribution in [-0.2, 0) is 33.3 Å². The molecule has 2 rings (SSSR count). The van der Waals surface area contributed by atoms with Gasteiger partial charge in [0.25, 0.3) is 0 Å². The third-order valence-electron chi connectivity index (χ3n) is 6.03. The zero-order valence-corrected chi connectivity index (χ0v) is 20.7. The molecule has 0 fully saturated rings. The summed E-state index contributed by atoms with van der Waals surface area (Å²) < 4.78 is 22.0. The number of aliphatic hydroxyl groups excluding tert-OH is 1. The van der Waals surface area contributed by atoms with Gasteiger partial charge in [-0.05, 0) is 44.3 Å². The molecule has 0 radical (unpaired) electrons. The lowest BCUT2D eigenvalue weighted by Crippen LogP contribution is -2.43. The van der Waals surface area contributed by atoms with Crippen LogP contribution >= 0.6 is 0 Å². The molecular weight excluding hydrogens is 440 g/mol. The van der Waals surface area contributed by atoms with Crippen molar-refractivity contribution >= 4 is 17.9 Å². The van der Waals surface area contributed by atoms with Crippen LogP contribution in [0.4, 0.5) is 0 Å². The Morgan fingerprint density at radius 1 is 1.21 bits per heavy atom. The number of hydrogen-bond acceptors (Lipinski definition) is 8. The molecule has 0 saturated carbocycles. The molecule has 8 nitrogen and oxygen atoms in total. The van der Waals surface area contributed by atoms with Gasteiger partial charge >= 0.3 is 17.9 Å². The first-order chi connectivity index (χ1) is 16.0. The Hall–Kier alpha value is -2.87. The summed E-state index contributed by atoms with van der Waals surface area (Å²) in [6, 6.07) is 0. The van der Waals surface area contributed by atoms with Crippen molar-refractivity contribution in [2.24, 2.45) is 11.8 Å². The molecule has 34 heavy (non-hydrogen) atoms. The molecular formula is C26H36O8. The Morgan fingerprint density at radius 2 is 1.91 bits per heavy atom. The van der Waals surface area contributed by atoms with Crippen molar-refractivity contribution in [3.8, 4) is 0 Å². The van der Waals surface area contributed by atoms with Gasteiger partial charge in [-0.2, -0.15) is 0 Å². The molecule has 8 heteroatoms. The lowest BCUT2D eigenvalue weighted by Gasteiger charge is -2.41. The number of carbonyl (C=O) groups is 3. The van der Waals surface area contributed by atoms with Crippen molar-refractivity contribution in [2.45, 2.75) is 78.8 Å². The first-order valence-corrected chi connectivity index (χ1v) is 11.5. The Bertz CT molecular complexity index is 881. The summed E-state index contributed by atoms with van der Waals surface area (Å²) in [7, 11) is 0. The van der Waals surface area contributed by atoms with Gasteiger partial charge in [0, 0.05) is 38.7 Å². The first kappa shape index (κ1) is 27.4. The highest BCUT2D eigenvalue weighted by atomic mass is 16.7. The molecule has 0 aromatic rings. The van der Waals surface area contributed by atoms with Crippen LogP contribution in [0.3, 0.4) is 0 Å². The lowest BCUT2D eigenvalue weighted by molar-refractivity contribution is -0.182. The van der Waals surface area contributed by atoms with Gasteiger partial charge in [-0.15, -0.1) is 0 Å². The molecule has 1 heterocycles. The summed E-state index contributed by atoms with van der Waals surface area (Å²) in [5.41, 5.74) is 3.18. The number of fused-ring (bicyclic) bond motifs is 1. The van der Waals surface area contributed by atoms with Crippen LogP contribution in [0.5, 0.6) is 0 Å². The highest BCUT2D eigenvalue weighted by Crippen LogP contribution is 2.43. The molecule has 1 aliphatic carbocycles. The topological polar surface area (TPSA) is 108 Å². The van der Waals surface area contributed by atoms with Gasteiger partial charge in [-0.3, -0.25) is 14.4 Å². The predicted octanol–water partition coefficient (Wildman–Crippen LogP) is 3.90. The maximum atomic E-state index is 12.0. The minimum atomic E-state index is -0.939. The zero-order chi connectivity index (χ0) is 25.4. The Balaban J connectivity index is 2.43. The van der Waals surface area contributed by atoms with Crippen molar-refractivity contribution in [1.29, 1.82) is 0 Å². The van der Waals surface area contributed by atoms with Crippen LogP contribution in [-0.4, -0.2) is 48.1 Å². The Morgan fingerprint density at radius 3 is 2.53 bits per heavy atom. The van der Waals surface area contributed by atoms with Crippen LogP contribution in [0.15, 0.2) is 47.3 Å². The molecule has 0 saturated heterocycles. The molecule has 1 N–H and O–H groups in total. The van der Waals surface area contributed by atoms with E-state index in [2.05, 4.69) is 6.58 Å². The molecule has 0 aromatic carbocycles. The molecule has 1 aliphatic heterocycles. The van der Waals surface area contributed by atoms with Crippen molar-refractivity contribution in [3.05, 3.63) is 47.3 Å². The van der Waals surface area contributed by atoms with E-state index in [1.165, 1.54) is 27.0 Å². The average molecular weight is 477 g/mol. The van der Waals surface area contributed by atoms with Gasteiger partial charge in [-0.25, -0.2) is 0 Å². The fourth-order valence-electron chi connectivity index (χ4n) is 4.28. The molecule has 5 unspecified atom stereocenters. The number of esters is 3. The second-order valence-electron chi connectivity index (χ2n) is 8.94. The van der Waals surface area contributed by atoms with E-state index in [1.807, 2.05) is 26.0 Å². The van der Waals surface area contributed by atoms with Crippen LogP contribution in [0.1, 0.15) is 60.3 Å². The number of ether oxygens (including phenoxy) is 4. The van der Waals surface area contributed by atoms with Crippen LogP contribution in [0.25, 0.3) is 0 Å². The van der Waals surface area contributed by atoms with E-state index in [1.54, 1.807) is 0 Å². The second-order valence-corrected chi connectivity index (χ2v) is 8.94. The van der Waals surface area contributed by atoms with E-state index < -0.39 is 36.4 Å². The molecule has 0 spiro atoms. The number of carbonyl (C=O) groups excluding carboxylic acids is 3. The average Bonchev–Trinajstić information content (AvgIpc) is 2.80. The highest BCUT2D eigenvalue weighted by molar-refractivity contribution is 5.67. The van der Waals surface area contributed by atoms with Crippen molar-refractivity contribution in [1.82, 2.24) is 0 Å². The van der Waals surface area contributed by atoms with E-state index in [0.29, 0.717) is 24.8 Å². The Kier molecular flexibility index (Phi) is 10.1. The van der Waals surface area contributed by atoms with Crippen LogP contribution in [0, 0.1) is 11.8 Å². The summed E-state index contributed by atoms with van der Waals surface area (Å²) in [6.45, 7) is 12.1. The standard InChI is InChI=1S/C26H36O8/c1-15-7-10-21-22(24(33-19(5)28)12-9-16(2)13-31-18(4)27)14-32-26(34-20(6)29)25(21)17(3)23(30)11-8-15/h8-9,14,21,23-26,30H,3,7,10-13H2,1-2,4-6H3.